The van der Waals surface area contributed by atoms with Crippen LogP contribution in [0.15, 0.2) is 97.0 Å². The summed E-state index contributed by atoms with van der Waals surface area (Å²) in [5.41, 5.74) is 6.02. The van der Waals surface area contributed by atoms with E-state index in [0.29, 0.717) is 6.61 Å². The second-order valence-corrected chi connectivity index (χ2v) is 13.2. The third-order valence-electron chi connectivity index (χ3n) is 9.91. The average Bonchev–Trinajstić information content (AvgIpc) is 3.42. The first-order valence-corrected chi connectivity index (χ1v) is 15.7. The van der Waals surface area contributed by atoms with E-state index in [4.69, 9.17) is 25.6 Å². The second-order valence-electron chi connectivity index (χ2n) is 12.8. The highest BCUT2D eigenvalue weighted by Gasteiger charge is 2.52. The number of hydrogen-bond donors (Lipinski definition) is 0. The van der Waals surface area contributed by atoms with Gasteiger partial charge in [-0.1, -0.05) is 78.3 Å². The van der Waals surface area contributed by atoms with Gasteiger partial charge in [-0.2, -0.15) is 0 Å². The van der Waals surface area contributed by atoms with Crippen LogP contribution in [0, 0.1) is 17.8 Å². The molecule has 1 aliphatic heterocycles. The van der Waals surface area contributed by atoms with E-state index in [2.05, 4.69) is 60.7 Å². The van der Waals surface area contributed by atoms with Crippen molar-refractivity contribution in [3.05, 3.63) is 119 Å². The predicted molar refractivity (Wildman–Crippen MR) is 170 cm³/mol. The normalized spacial score (nSPS) is 25.4. The molecule has 0 radical (unpaired) electrons. The standard InChI is InChI=1S/C37H34BClO3/c39-33-19-25(14-15-38-41-35-8-4-5-9-36(35)42-38)10-12-31(33)30-11-13-34(40-24-26-6-2-1-3-7-26)32(20-30)37-21-27-16-28(22-37)18-29(17-27)23-37/h1-15,19-20,27-29H,16-18,21-24H2/b15-14+. The van der Waals surface area contributed by atoms with Crippen molar-refractivity contribution in [1.82, 2.24) is 0 Å². The molecule has 0 spiro atoms. The highest BCUT2D eigenvalue weighted by molar-refractivity contribution is 6.54. The van der Waals surface area contributed by atoms with Crippen molar-refractivity contribution in [2.75, 3.05) is 0 Å². The van der Waals surface area contributed by atoms with Crippen molar-refractivity contribution < 1.29 is 14.0 Å². The minimum atomic E-state index is -0.438. The molecule has 3 nitrogen and oxygen atoms in total. The van der Waals surface area contributed by atoms with E-state index < -0.39 is 7.12 Å². The minimum absolute atomic E-state index is 0.213. The lowest BCUT2D eigenvalue weighted by Crippen LogP contribution is -2.48. The van der Waals surface area contributed by atoms with Crippen molar-refractivity contribution in [3.8, 4) is 28.4 Å². The molecule has 4 aliphatic carbocycles. The predicted octanol–water partition coefficient (Wildman–Crippen LogP) is 9.57. The van der Waals surface area contributed by atoms with Gasteiger partial charge in [0.1, 0.15) is 23.9 Å². The number of benzene rings is 4. The van der Waals surface area contributed by atoms with E-state index in [0.717, 1.165) is 56.7 Å². The Bertz CT molecular complexity index is 1590. The van der Waals surface area contributed by atoms with Crippen molar-refractivity contribution in [2.45, 2.75) is 50.5 Å². The van der Waals surface area contributed by atoms with Crippen LogP contribution in [-0.4, -0.2) is 7.12 Å². The van der Waals surface area contributed by atoms with Crippen LogP contribution in [0.5, 0.6) is 17.2 Å². The molecule has 0 N–H and O–H groups in total. The molecule has 42 heavy (non-hydrogen) atoms. The Balaban J connectivity index is 1.09. The maximum absolute atomic E-state index is 6.96. The Morgan fingerprint density at radius 1 is 0.786 bits per heavy atom. The molecule has 9 rings (SSSR count). The lowest BCUT2D eigenvalue weighted by atomic mass is 9.48. The number of ether oxygens (including phenoxy) is 1. The van der Waals surface area contributed by atoms with Gasteiger partial charge < -0.3 is 14.0 Å². The minimum Gasteiger partial charge on any atom is -0.520 e. The van der Waals surface area contributed by atoms with E-state index in [1.54, 1.807) is 0 Å². The summed E-state index contributed by atoms with van der Waals surface area (Å²) in [5, 5.41) is 0.739. The quantitative estimate of drug-likeness (QED) is 0.206. The largest absolute Gasteiger partial charge is 0.625 e. The number of rotatable bonds is 7. The van der Waals surface area contributed by atoms with Gasteiger partial charge in [-0.25, -0.2) is 0 Å². The Morgan fingerprint density at radius 2 is 1.45 bits per heavy atom. The molecule has 0 saturated heterocycles. The van der Waals surface area contributed by atoms with Crippen LogP contribution >= 0.6 is 11.6 Å². The van der Waals surface area contributed by atoms with E-state index in [1.165, 1.54) is 49.7 Å². The molecule has 0 amide bonds. The van der Waals surface area contributed by atoms with Gasteiger partial charge in [-0.3, -0.25) is 0 Å². The van der Waals surface area contributed by atoms with Crippen molar-refractivity contribution >= 4 is 24.8 Å². The molecule has 0 unspecified atom stereocenters. The van der Waals surface area contributed by atoms with Crippen LogP contribution in [-0.2, 0) is 12.0 Å². The number of fused-ring (bicyclic) bond motifs is 1. The molecule has 0 atom stereocenters. The lowest BCUT2D eigenvalue weighted by molar-refractivity contribution is -0.00645. The molecule has 4 fully saturated rings. The molecule has 5 heteroatoms. The Kier molecular flexibility index (Phi) is 6.56. The van der Waals surface area contributed by atoms with Gasteiger partial charge in [0, 0.05) is 16.1 Å². The number of para-hydroxylation sites is 2. The molecule has 5 aliphatic rings. The van der Waals surface area contributed by atoms with E-state index in [-0.39, 0.29) is 5.41 Å². The van der Waals surface area contributed by atoms with Crippen LogP contribution in [0.1, 0.15) is 55.2 Å². The van der Waals surface area contributed by atoms with Crippen LogP contribution in [0.2, 0.25) is 5.02 Å². The molecule has 4 aromatic rings. The SMILES string of the molecule is Clc1cc(/C=C/B2Oc3ccccc3O2)ccc1-c1ccc(OCc2ccccc2)c(C23CC4CC(CC(C4)C2)C3)c1. The fourth-order valence-electron chi connectivity index (χ4n) is 8.47. The first-order valence-electron chi connectivity index (χ1n) is 15.3. The zero-order valence-corrected chi connectivity index (χ0v) is 24.4. The summed E-state index contributed by atoms with van der Waals surface area (Å²) in [6.45, 7) is 0.584. The summed E-state index contributed by atoms with van der Waals surface area (Å²) < 4.78 is 18.3. The fourth-order valence-corrected chi connectivity index (χ4v) is 8.77. The van der Waals surface area contributed by atoms with E-state index in [1.807, 2.05) is 42.4 Å². The summed E-state index contributed by atoms with van der Waals surface area (Å²) in [6, 6.07) is 31.3. The van der Waals surface area contributed by atoms with Crippen LogP contribution < -0.4 is 14.0 Å². The van der Waals surface area contributed by atoms with Gasteiger partial charge >= 0.3 is 7.12 Å². The zero-order chi connectivity index (χ0) is 28.1. The van der Waals surface area contributed by atoms with Crippen LogP contribution in [0.4, 0.5) is 0 Å². The summed E-state index contributed by atoms with van der Waals surface area (Å²) in [4.78, 5) is 0. The fraction of sp³-hybridized carbons (Fsp3) is 0.297. The molecule has 0 aromatic heterocycles. The average molecular weight is 573 g/mol. The highest BCUT2D eigenvalue weighted by atomic mass is 35.5. The van der Waals surface area contributed by atoms with Gasteiger partial charge in [-0.05, 0) is 115 Å². The van der Waals surface area contributed by atoms with Crippen molar-refractivity contribution in [3.63, 3.8) is 0 Å². The summed E-state index contributed by atoms with van der Waals surface area (Å²) in [7, 11) is -0.438. The Hall–Kier alpha value is -3.63. The van der Waals surface area contributed by atoms with Gasteiger partial charge in [-0.15, -0.1) is 0 Å². The highest BCUT2D eigenvalue weighted by Crippen LogP contribution is 2.62. The van der Waals surface area contributed by atoms with E-state index >= 15 is 0 Å². The molecule has 4 bridgehead atoms. The molecule has 1 heterocycles. The third kappa shape index (κ3) is 4.90. The first kappa shape index (κ1) is 26.0. The zero-order valence-electron chi connectivity index (χ0n) is 23.7. The summed E-state index contributed by atoms with van der Waals surface area (Å²) in [5.74, 6) is 7.08. The Morgan fingerprint density at radius 3 is 2.12 bits per heavy atom. The smallest absolute Gasteiger partial charge is 0.520 e. The summed E-state index contributed by atoms with van der Waals surface area (Å²) >= 11 is 6.96. The topological polar surface area (TPSA) is 27.7 Å². The van der Waals surface area contributed by atoms with E-state index in [9.17, 15) is 0 Å². The van der Waals surface area contributed by atoms with Gasteiger partial charge in [0.2, 0.25) is 0 Å². The molecule has 4 aromatic carbocycles. The maximum Gasteiger partial charge on any atom is 0.625 e. The van der Waals surface area contributed by atoms with Gasteiger partial charge in [0.05, 0.1) is 0 Å². The maximum atomic E-state index is 6.96. The molecular formula is C37H34BClO3. The number of halogens is 1. The van der Waals surface area contributed by atoms with Crippen LogP contribution in [0.25, 0.3) is 17.2 Å². The van der Waals surface area contributed by atoms with Crippen molar-refractivity contribution in [2.24, 2.45) is 17.8 Å². The second kappa shape index (κ2) is 10.6. The third-order valence-corrected chi connectivity index (χ3v) is 10.2. The first-order chi connectivity index (χ1) is 20.6. The Labute approximate surface area is 253 Å². The van der Waals surface area contributed by atoms with Crippen molar-refractivity contribution in [1.29, 1.82) is 0 Å². The van der Waals surface area contributed by atoms with Crippen LogP contribution in [0.3, 0.4) is 0 Å². The monoisotopic (exact) mass is 572 g/mol. The summed E-state index contributed by atoms with van der Waals surface area (Å²) in [6.07, 6.45) is 10.1. The molecular weight excluding hydrogens is 539 g/mol. The molecule has 210 valence electrons. The molecule has 4 saturated carbocycles. The lowest BCUT2D eigenvalue weighted by Gasteiger charge is -2.57. The van der Waals surface area contributed by atoms with Gasteiger partial charge in [0.15, 0.2) is 0 Å². The van der Waals surface area contributed by atoms with Gasteiger partial charge in [0.25, 0.3) is 0 Å². The number of hydrogen-bond acceptors (Lipinski definition) is 3.